The molecular weight excluding hydrogens is 318 g/mol. The molecule has 2 aromatic rings. The number of aromatic hydroxyl groups is 1. The van der Waals surface area contributed by atoms with Gasteiger partial charge < -0.3 is 9.84 Å². The van der Waals surface area contributed by atoms with Gasteiger partial charge in [0.15, 0.2) is 5.78 Å². The summed E-state index contributed by atoms with van der Waals surface area (Å²) < 4.78 is 5.07. The van der Waals surface area contributed by atoms with Crippen molar-refractivity contribution in [3.63, 3.8) is 0 Å². The van der Waals surface area contributed by atoms with Crippen LogP contribution in [-0.2, 0) is 4.74 Å². The van der Waals surface area contributed by atoms with E-state index in [-0.39, 0.29) is 40.5 Å². The summed E-state index contributed by atoms with van der Waals surface area (Å²) in [5.74, 6) is -1.29. The van der Waals surface area contributed by atoms with E-state index >= 15 is 0 Å². The lowest BCUT2D eigenvalue weighted by atomic mass is 9.88. The highest BCUT2D eigenvalue weighted by atomic mass is 16.5. The lowest BCUT2D eigenvalue weighted by Gasteiger charge is -2.15. The van der Waals surface area contributed by atoms with Crippen LogP contribution in [-0.4, -0.2) is 23.5 Å². The minimum absolute atomic E-state index is 0.0941. The predicted molar refractivity (Wildman–Crippen MR) is 92.7 cm³/mol. The first-order valence-corrected chi connectivity index (χ1v) is 7.98. The van der Waals surface area contributed by atoms with Crippen LogP contribution in [0.5, 0.6) is 5.75 Å². The summed E-state index contributed by atoms with van der Waals surface area (Å²) in [5, 5.41) is 19.4. The number of carbonyl (C=O) groups is 2. The molecule has 0 saturated carbocycles. The van der Waals surface area contributed by atoms with Crippen LogP contribution < -0.4 is 0 Å². The molecule has 128 valence electrons. The lowest BCUT2D eigenvalue weighted by Crippen LogP contribution is -2.13. The van der Waals surface area contributed by atoms with Crippen molar-refractivity contribution in [2.75, 3.05) is 6.61 Å². The van der Waals surface area contributed by atoms with Crippen molar-refractivity contribution in [3.05, 3.63) is 64.2 Å². The Bertz CT molecular complexity index is 862. The van der Waals surface area contributed by atoms with Crippen LogP contribution in [0.25, 0.3) is 0 Å². The van der Waals surface area contributed by atoms with Crippen molar-refractivity contribution in [1.29, 1.82) is 5.26 Å². The van der Waals surface area contributed by atoms with Gasteiger partial charge in [0.2, 0.25) is 0 Å². The molecule has 2 rings (SSSR count). The zero-order valence-electron chi connectivity index (χ0n) is 14.4. The standard InChI is InChI=1S/C20H19NO4/c1-4-25-20(24)16-10-13(9-14(11-21)18(16)12(2)3)19(23)15-7-5-6-8-17(15)22/h5-10,12,22H,4H2,1-3H3. The Hall–Kier alpha value is -3.13. The summed E-state index contributed by atoms with van der Waals surface area (Å²) >= 11 is 0. The third kappa shape index (κ3) is 3.69. The van der Waals surface area contributed by atoms with E-state index in [4.69, 9.17) is 4.74 Å². The molecule has 1 N–H and O–H groups in total. The Morgan fingerprint density at radius 1 is 1.20 bits per heavy atom. The monoisotopic (exact) mass is 337 g/mol. The molecule has 0 bridgehead atoms. The second-order valence-corrected chi connectivity index (χ2v) is 5.82. The van der Waals surface area contributed by atoms with E-state index in [1.54, 1.807) is 19.1 Å². The van der Waals surface area contributed by atoms with Crippen molar-refractivity contribution in [1.82, 2.24) is 0 Å². The van der Waals surface area contributed by atoms with E-state index in [1.807, 2.05) is 13.8 Å². The smallest absolute Gasteiger partial charge is 0.338 e. The lowest BCUT2D eigenvalue weighted by molar-refractivity contribution is 0.0524. The van der Waals surface area contributed by atoms with Gasteiger partial charge in [-0.3, -0.25) is 4.79 Å². The molecule has 0 amide bonds. The molecule has 5 nitrogen and oxygen atoms in total. The molecule has 0 spiro atoms. The molecule has 0 radical (unpaired) electrons. The van der Waals surface area contributed by atoms with Crippen molar-refractivity contribution >= 4 is 11.8 Å². The number of ether oxygens (including phenoxy) is 1. The number of para-hydroxylation sites is 1. The Morgan fingerprint density at radius 2 is 1.88 bits per heavy atom. The molecule has 0 aliphatic rings. The number of esters is 1. The Morgan fingerprint density at radius 3 is 2.44 bits per heavy atom. The second kappa shape index (κ2) is 7.63. The predicted octanol–water partition coefficient (Wildman–Crippen LogP) is 3.79. The number of ketones is 1. The summed E-state index contributed by atoms with van der Waals surface area (Å²) in [7, 11) is 0. The van der Waals surface area contributed by atoms with E-state index in [1.165, 1.54) is 24.3 Å². The number of hydrogen-bond donors (Lipinski definition) is 1. The largest absolute Gasteiger partial charge is 0.507 e. The summed E-state index contributed by atoms with van der Waals surface area (Å²) in [6.07, 6.45) is 0. The van der Waals surface area contributed by atoms with Crippen LogP contribution in [0.2, 0.25) is 0 Å². The van der Waals surface area contributed by atoms with Gasteiger partial charge in [-0.05, 0) is 42.7 Å². The highest BCUT2D eigenvalue weighted by Crippen LogP contribution is 2.28. The molecule has 0 fully saturated rings. The van der Waals surface area contributed by atoms with E-state index < -0.39 is 11.8 Å². The van der Waals surface area contributed by atoms with Crippen LogP contribution in [0.15, 0.2) is 36.4 Å². The Kier molecular flexibility index (Phi) is 5.56. The number of nitrogens with zero attached hydrogens (tertiary/aromatic N) is 1. The Balaban J connectivity index is 2.67. The zero-order valence-corrected chi connectivity index (χ0v) is 14.4. The molecule has 0 heterocycles. The maximum atomic E-state index is 12.7. The fourth-order valence-corrected chi connectivity index (χ4v) is 2.70. The molecule has 0 atom stereocenters. The molecule has 0 aromatic heterocycles. The average Bonchev–Trinajstić information content (AvgIpc) is 2.60. The van der Waals surface area contributed by atoms with Crippen LogP contribution in [0.4, 0.5) is 0 Å². The molecule has 25 heavy (non-hydrogen) atoms. The normalized spacial score (nSPS) is 10.4. The van der Waals surface area contributed by atoms with Crippen molar-refractivity contribution in [3.8, 4) is 11.8 Å². The molecular formula is C20H19NO4. The SMILES string of the molecule is CCOC(=O)c1cc(C(=O)c2ccccc2O)cc(C#N)c1C(C)C. The van der Waals surface area contributed by atoms with E-state index in [2.05, 4.69) is 6.07 Å². The number of carbonyl (C=O) groups excluding carboxylic acids is 2. The third-order valence-corrected chi connectivity index (χ3v) is 3.78. The van der Waals surface area contributed by atoms with Crippen LogP contribution >= 0.6 is 0 Å². The van der Waals surface area contributed by atoms with Crippen LogP contribution in [0, 0.1) is 11.3 Å². The maximum absolute atomic E-state index is 12.7. The number of nitriles is 1. The van der Waals surface area contributed by atoms with Gasteiger partial charge >= 0.3 is 5.97 Å². The number of benzene rings is 2. The molecule has 0 unspecified atom stereocenters. The summed E-state index contributed by atoms with van der Waals surface area (Å²) in [4.78, 5) is 25.1. The van der Waals surface area contributed by atoms with Gasteiger partial charge in [-0.25, -0.2) is 4.79 Å². The fraction of sp³-hybridized carbons (Fsp3) is 0.250. The molecule has 0 saturated heterocycles. The number of hydrogen-bond acceptors (Lipinski definition) is 5. The minimum atomic E-state index is -0.574. The first kappa shape index (κ1) is 18.2. The summed E-state index contributed by atoms with van der Waals surface area (Å²) in [5.41, 5.74) is 1.27. The molecule has 0 aliphatic carbocycles. The van der Waals surface area contributed by atoms with Gasteiger partial charge in [-0.15, -0.1) is 0 Å². The third-order valence-electron chi connectivity index (χ3n) is 3.78. The van der Waals surface area contributed by atoms with Gasteiger partial charge in [-0.1, -0.05) is 26.0 Å². The first-order chi connectivity index (χ1) is 11.9. The number of phenols is 1. The van der Waals surface area contributed by atoms with E-state index in [9.17, 15) is 20.0 Å². The second-order valence-electron chi connectivity index (χ2n) is 5.82. The highest BCUT2D eigenvalue weighted by Gasteiger charge is 2.23. The van der Waals surface area contributed by atoms with Crippen molar-refractivity contribution in [2.24, 2.45) is 0 Å². The van der Waals surface area contributed by atoms with Gasteiger partial charge in [0.25, 0.3) is 0 Å². The van der Waals surface area contributed by atoms with Gasteiger partial charge in [-0.2, -0.15) is 5.26 Å². The van der Waals surface area contributed by atoms with Crippen LogP contribution in [0.3, 0.4) is 0 Å². The highest BCUT2D eigenvalue weighted by molar-refractivity contribution is 6.12. The zero-order chi connectivity index (χ0) is 18.6. The fourth-order valence-electron chi connectivity index (χ4n) is 2.70. The Labute approximate surface area is 146 Å². The van der Waals surface area contributed by atoms with E-state index in [0.717, 1.165) is 0 Å². The summed E-state index contributed by atoms with van der Waals surface area (Å²) in [6.45, 7) is 5.61. The first-order valence-electron chi connectivity index (χ1n) is 7.98. The van der Waals surface area contributed by atoms with Gasteiger partial charge in [0, 0.05) is 5.56 Å². The van der Waals surface area contributed by atoms with Crippen molar-refractivity contribution < 1.29 is 19.4 Å². The number of rotatable bonds is 5. The topological polar surface area (TPSA) is 87.4 Å². The van der Waals surface area contributed by atoms with Gasteiger partial charge in [0.05, 0.1) is 29.4 Å². The van der Waals surface area contributed by atoms with Crippen LogP contribution in [0.1, 0.15) is 64.1 Å². The maximum Gasteiger partial charge on any atom is 0.338 e. The van der Waals surface area contributed by atoms with Gasteiger partial charge in [0.1, 0.15) is 5.75 Å². The average molecular weight is 337 g/mol. The molecule has 5 heteroatoms. The number of phenolic OH excluding ortho intramolecular Hbond substituents is 1. The van der Waals surface area contributed by atoms with Crippen molar-refractivity contribution in [2.45, 2.75) is 26.7 Å². The summed E-state index contributed by atoms with van der Waals surface area (Å²) in [6, 6.07) is 11.1. The molecule has 0 aliphatic heterocycles. The van der Waals surface area contributed by atoms with E-state index in [0.29, 0.717) is 5.56 Å². The molecule has 2 aromatic carbocycles. The minimum Gasteiger partial charge on any atom is -0.507 e. The quantitative estimate of drug-likeness (QED) is 0.662.